The molecule has 10 nitrogen and oxygen atoms in total. The van der Waals surface area contributed by atoms with E-state index in [1.165, 1.54) is 6.20 Å². The third-order valence-corrected chi connectivity index (χ3v) is 5.00. The van der Waals surface area contributed by atoms with Crippen LogP contribution in [0, 0.1) is 0 Å². The average molecular weight is 397 g/mol. The molecule has 0 bridgehead atoms. The molecule has 0 radical (unpaired) electrons. The lowest BCUT2D eigenvalue weighted by Crippen LogP contribution is -2.39. The summed E-state index contributed by atoms with van der Waals surface area (Å²) in [5, 5.41) is 23.4. The van der Waals surface area contributed by atoms with Crippen molar-refractivity contribution in [3.05, 3.63) is 36.2 Å². The Morgan fingerprint density at radius 3 is 2.97 bits per heavy atom. The number of aromatic nitrogens is 4. The van der Waals surface area contributed by atoms with Crippen molar-refractivity contribution >= 4 is 28.9 Å². The highest BCUT2D eigenvalue weighted by atomic mass is 16.5. The van der Waals surface area contributed by atoms with Crippen molar-refractivity contribution in [2.24, 2.45) is 0 Å². The van der Waals surface area contributed by atoms with Gasteiger partial charge >= 0.3 is 0 Å². The molecule has 1 saturated carbocycles. The van der Waals surface area contributed by atoms with Crippen LogP contribution in [0.15, 0.2) is 30.6 Å². The highest BCUT2D eigenvalue weighted by Gasteiger charge is 2.28. The van der Waals surface area contributed by atoms with E-state index in [0.717, 1.165) is 12.8 Å². The van der Waals surface area contributed by atoms with Crippen LogP contribution in [0.1, 0.15) is 29.6 Å². The summed E-state index contributed by atoms with van der Waals surface area (Å²) in [6, 6.07) is 5.13. The summed E-state index contributed by atoms with van der Waals surface area (Å²) in [4.78, 5) is 21.5. The van der Waals surface area contributed by atoms with Crippen molar-refractivity contribution < 1.29 is 14.6 Å². The summed E-state index contributed by atoms with van der Waals surface area (Å²) in [6.07, 6.45) is 4.95. The molecular formula is C19H23N7O3. The first-order valence-electron chi connectivity index (χ1n) is 9.42. The van der Waals surface area contributed by atoms with Gasteiger partial charge in [0.2, 0.25) is 5.88 Å². The number of anilines is 3. The minimum atomic E-state index is -0.517. The smallest absolute Gasteiger partial charge is 0.257 e. The number of hydrogen-bond acceptors (Lipinski definition) is 8. The van der Waals surface area contributed by atoms with Crippen molar-refractivity contribution in [2.45, 2.75) is 31.4 Å². The van der Waals surface area contributed by atoms with Gasteiger partial charge in [-0.1, -0.05) is 0 Å². The second kappa shape index (κ2) is 7.92. The number of fused-ring (bicyclic) bond motifs is 1. The van der Waals surface area contributed by atoms with Crippen LogP contribution in [0.25, 0.3) is 5.65 Å². The minimum absolute atomic E-state index is 0.248. The summed E-state index contributed by atoms with van der Waals surface area (Å²) >= 11 is 0. The highest BCUT2D eigenvalue weighted by Crippen LogP contribution is 2.27. The van der Waals surface area contributed by atoms with Gasteiger partial charge < -0.3 is 25.8 Å². The maximum atomic E-state index is 12.8. The van der Waals surface area contributed by atoms with E-state index in [4.69, 9.17) is 4.74 Å². The van der Waals surface area contributed by atoms with Crippen molar-refractivity contribution in [3.63, 3.8) is 0 Å². The Bertz CT molecular complexity index is 1040. The van der Waals surface area contributed by atoms with E-state index in [1.54, 1.807) is 37.0 Å². The van der Waals surface area contributed by atoms with Crippen LogP contribution in [-0.4, -0.2) is 56.9 Å². The topological polar surface area (TPSA) is 126 Å². The number of methoxy groups -OCH3 is 1. The molecule has 3 heterocycles. The SMILES string of the molecule is CNc1cc(Nc2cccnc2OC)nc2c(C(=O)N[C@@H]3CCC[C@H]3O)cnn12. The van der Waals surface area contributed by atoms with Crippen molar-refractivity contribution in [1.29, 1.82) is 0 Å². The van der Waals surface area contributed by atoms with Crippen LogP contribution < -0.4 is 20.7 Å². The van der Waals surface area contributed by atoms with Gasteiger partial charge in [-0.2, -0.15) is 9.61 Å². The Balaban J connectivity index is 1.68. The van der Waals surface area contributed by atoms with E-state index in [2.05, 4.69) is 31.0 Å². The zero-order chi connectivity index (χ0) is 20.4. The van der Waals surface area contributed by atoms with E-state index in [1.807, 2.05) is 6.07 Å². The Kier molecular flexibility index (Phi) is 5.17. The third kappa shape index (κ3) is 3.66. The van der Waals surface area contributed by atoms with Crippen LogP contribution in [0.2, 0.25) is 0 Å². The molecule has 152 valence electrons. The van der Waals surface area contributed by atoms with Crippen LogP contribution in [0.4, 0.5) is 17.3 Å². The largest absolute Gasteiger partial charge is 0.480 e. The van der Waals surface area contributed by atoms with Crippen LogP contribution in [0.3, 0.4) is 0 Å². The molecular weight excluding hydrogens is 374 g/mol. The van der Waals surface area contributed by atoms with Gasteiger partial charge in [-0.3, -0.25) is 4.79 Å². The fourth-order valence-electron chi connectivity index (χ4n) is 3.51. The predicted molar refractivity (Wildman–Crippen MR) is 108 cm³/mol. The van der Waals surface area contributed by atoms with Crippen molar-refractivity contribution in [3.8, 4) is 5.88 Å². The van der Waals surface area contributed by atoms with Gasteiger partial charge in [0.05, 0.1) is 25.5 Å². The first kappa shape index (κ1) is 18.9. The molecule has 4 N–H and O–H groups in total. The van der Waals surface area contributed by atoms with E-state index in [-0.39, 0.29) is 11.9 Å². The van der Waals surface area contributed by atoms with E-state index in [9.17, 15) is 9.90 Å². The first-order chi connectivity index (χ1) is 14.1. The first-order valence-corrected chi connectivity index (χ1v) is 9.42. The number of ether oxygens (including phenoxy) is 1. The molecule has 1 amide bonds. The minimum Gasteiger partial charge on any atom is -0.480 e. The fraction of sp³-hybridized carbons (Fsp3) is 0.368. The molecule has 0 spiro atoms. The molecule has 1 fully saturated rings. The van der Waals surface area contributed by atoms with Gasteiger partial charge in [0, 0.05) is 19.3 Å². The van der Waals surface area contributed by atoms with Crippen LogP contribution in [-0.2, 0) is 0 Å². The molecule has 0 saturated heterocycles. The molecule has 1 aliphatic carbocycles. The zero-order valence-corrected chi connectivity index (χ0v) is 16.2. The number of nitrogens with one attached hydrogen (secondary N) is 3. The number of aliphatic hydroxyl groups is 1. The van der Waals surface area contributed by atoms with Gasteiger partial charge in [-0.25, -0.2) is 9.97 Å². The van der Waals surface area contributed by atoms with Gasteiger partial charge in [0.25, 0.3) is 5.91 Å². The summed E-state index contributed by atoms with van der Waals surface area (Å²) in [7, 11) is 3.31. The second-order valence-corrected chi connectivity index (χ2v) is 6.83. The quantitative estimate of drug-likeness (QED) is 0.494. The Labute approximate surface area is 167 Å². The molecule has 1 aliphatic rings. The van der Waals surface area contributed by atoms with Crippen LogP contribution in [0.5, 0.6) is 5.88 Å². The van der Waals surface area contributed by atoms with E-state index in [0.29, 0.717) is 40.8 Å². The maximum absolute atomic E-state index is 12.8. The number of aliphatic hydroxyl groups excluding tert-OH is 1. The van der Waals surface area contributed by atoms with Gasteiger partial charge in [0.15, 0.2) is 5.65 Å². The molecule has 0 aliphatic heterocycles. The zero-order valence-electron chi connectivity index (χ0n) is 16.2. The lowest BCUT2D eigenvalue weighted by atomic mass is 10.2. The lowest BCUT2D eigenvalue weighted by molar-refractivity contribution is 0.0874. The number of nitrogens with zero attached hydrogens (tertiary/aromatic N) is 4. The number of carbonyl (C=O) groups is 1. The molecule has 4 rings (SSSR count). The number of carbonyl (C=O) groups excluding carboxylic acids is 1. The van der Waals surface area contributed by atoms with E-state index < -0.39 is 6.10 Å². The molecule has 10 heteroatoms. The predicted octanol–water partition coefficient (Wildman–Crippen LogP) is 1.56. The molecule has 0 aromatic carbocycles. The Morgan fingerprint density at radius 2 is 2.24 bits per heavy atom. The number of rotatable bonds is 6. The number of amides is 1. The average Bonchev–Trinajstić information content (AvgIpc) is 3.34. The molecule has 2 atom stereocenters. The molecule has 0 unspecified atom stereocenters. The normalized spacial score (nSPS) is 18.6. The Morgan fingerprint density at radius 1 is 1.38 bits per heavy atom. The second-order valence-electron chi connectivity index (χ2n) is 6.83. The standard InChI is InChI=1S/C19H23N7O3/c1-20-16-9-15(23-13-6-4-8-21-19(13)29-2)25-17-11(10-22-26(16)17)18(28)24-12-5-3-7-14(12)27/h4,6,8-10,12,14,20,27H,3,5,7H2,1-2H3,(H,23,25)(H,24,28)/t12-,14-/m1/s1. The van der Waals surface area contributed by atoms with E-state index >= 15 is 0 Å². The fourth-order valence-corrected chi connectivity index (χ4v) is 3.51. The summed E-state index contributed by atoms with van der Waals surface area (Å²) in [5.41, 5.74) is 1.38. The molecule has 3 aromatic heterocycles. The van der Waals surface area contributed by atoms with Crippen molar-refractivity contribution in [1.82, 2.24) is 24.9 Å². The highest BCUT2D eigenvalue weighted by molar-refractivity contribution is 6.00. The lowest BCUT2D eigenvalue weighted by Gasteiger charge is -2.16. The van der Waals surface area contributed by atoms with Crippen molar-refractivity contribution in [2.75, 3.05) is 24.8 Å². The summed E-state index contributed by atoms with van der Waals surface area (Å²) in [6.45, 7) is 0. The van der Waals surface area contributed by atoms with Crippen LogP contribution >= 0.6 is 0 Å². The third-order valence-electron chi connectivity index (χ3n) is 5.00. The molecule has 29 heavy (non-hydrogen) atoms. The van der Waals surface area contributed by atoms with Gasteiger partial charge in [0.1, 0.15) is 22.9 Å². The summed E-state index contributed by atoms with van der Waals surface area (Å²) < 4.78 is 6.83. The molecule has 3 aromatic rings. The number of hydrogen-bond donors (Lipinski definition) is 4. The summed E-state index contributed by atoms with van der Waals surface area (Å²) in [5.74, 6) is 1.28. The maximum Gasteiger partial charge on any atom is 0.257 e. The van der Waals surface area contributed by atoms with Gasteiger partial charge in [-0.15, -0.1) is 0 Å². The monoisotopic (exact) mass is 397 g/mol. The Hall–Kier alpha value is -3.40. The van der Waals surface area contributed by atoms with Gasteiger partial charge in [-0.05, 0) is 31.4 Å². The number of pyridine rings is 1.